The normalized spacial score (nSPS) is 21.8. The topological polar surface area (TPSA) is 109 Å². The van der Waals surface area contributed by atoms with Crippen LogP contribution in [0.4, 0.5) is 10.5 Å². The largest absolute Gasteiger partial charge is 0.490 e. The van der Waals surface area contributed by atoms with Crippen LogP contribution in [0.1, 0.15) is 35.2 Å². The third kappa shape index (κ3) is 5.48. The van der Waals surface area contributed by atoms with E-state index in [-0.39, 0.29) is 49.1 Å². The van der Waals surface area contributed by atoms with Crippen molar-refractivity contribution in [1.29, 1.82) is 0 Å². The Labute approximate surface area is 198 Å². The lowest BCUT2D eigenvalue weighted by atomic mass is 9.94. The molecule has 1 fully saturated rings. The zero-order valence-corrected chi connectivity index (χ0v) is 19.4. The minimum absolute atomic E-state index is 0.0715. The number of nitrogens with one attached hydrogen (secondary N) is 3. The van der Waals surface area contributed by atoms with E-state index in [1.165, 1.54) is 0 Å². The second-order valence-corrected chi connectivity index (χ2v) is 8.55. The number of nitrogens with zero attached hydrogens (tertiary/aromatic N) is 1. The summed E-state index contributed by atoms with van der Waals surface area (Å²) in [5.74, 6) is 0.159. The fourth-order valence-corrected chi connectivity index (χ4v) is 4.37. The van der Waals surface area contributed by atoms with Crippen molar-refractivity contribution in [3.05, 3.63) is 59.7 Å². The Hall–Kier alpha value is -3.59. The van der Waals surface area contributed by atoms with Gasteiger partial charge in [0.15, 0.2) is 0 Å². The molecular formula is C25H30N4O5. The summed E-state index contributed by atoms with van der Waals surface area (Å²) in [4.78, 5) is 39.1. The number of rotatable bonds is 5. The van der Waals surface area contributed by atoms with E-state index in [1.807, 2.05) is 30.3 Å². The molecule has 9 heteroatoms. The molecule has 2 aliphatic rings. The first-order valence-corrected chi connectivity index (χ1v) is 11.4. The first-order chi connectivity index (χ1) is 16.4. The summed E-state index contributed by atoms with van der Waals surface area (Å²) in [5.41, 5.74) is 1.87. The van der Waals surface area contributed by atoms with Crippen LogP contribution < -0.4 is 20.7 Å². The van der Waals surface area contributed by atoms with Gasteiger partial charge < -0.3 is 30.3 Å². The first-order valence-electron chi connectivity index (χ1n) is 11.4. The molecule has 0 spiro atoms. The maximum absolute atomic E-state index is 13.3. The predicted octanol–water partition coefficient (Wildman–Crippen LogP) is 2.52. The molecule has 180 valence electrons. The molecule has 4 rings (SSSR count). The van der Waals surface area contributed by atoms with E-state index in [1.54, 1.807) is 37.2 Å². The zero-order chi connectivity index (χ0) is 24.1. The number of amides is 4. The minimum Gasteiger partial charge on any atom is -0.490 e. The molecule has 2 aromatic carbocycles. The van der Waals surface area contributed by atoms with Gasteiger partial charge in [-0.05, 0) is 36.6 Å². The highest BCUT2D eigenvalue weighted by molar-refractivity contribution is 5.99. The average Bonchev–Trinajstić information content (AvgIpc) is 2.86. The van der Waals surface area contributed by atoms with Crippen LogP contribution in [0.3, 0.4) is 0 Å². The van der Waals surface area contributed by atoms with E-state index < -0.39 is 0 Å². The van der Waals surface area contributed by atoms with E-state index in [0.29, 0.717) is 36.4 Å². The van der Waals surface area contributed by atoms with Gasteiger partial charge in [0.25, 0.3) is 5.91 Å². The number of urea groups is 1. The van der Waals surface area contributed by atoms with Gasteiger partial charge in [-0.2, -0.15) is 0 Å². The Morgan fingerprint density at radius 3 is 2.68 bits per heavy atom. The average molecular weight is 467 g/mol. The number of hydrogen-bond acceptors (Lipinski definition) is 5. The molecular weight excluding hydrogens is 436 g/mol. The predicted molar refractivity (Wildman–Crippen MR) is 127 cm³/mol. The summed E-state index contributed by atoms with van der Waals surface area (Å²) in [6.07, 6.45) is 1.16. The Kier molecular flexibility index (Phi) is 7.32. The standard InChI is InChI=1S/C25H30N4O5/c1-26-23(30)13-18-9-10-20-22(34-18)15-33-21-11-8-17(12-19(21)24(31)29(20)2)28-25(32)27-14-16-6-4-3-5-7-16/h3-8,11-12,18,20,22H,9-10,13-15H2,1-2H3,(H,26,30)(H2,27,28,32)/t18-,20-,22-/m1/s1. The van der Waals surface area contributed by atoms with Crippen molar-refractivity contribution in [2.24, 2.45) is 0 Å². The van der Waals surface area contributed by atoms with Crippen LogP contribution in [0.5, 0.6) is 5.75 Å². The number of likely N-dealkylation sites (N-methyl/N-ethyl adjacent to an activating group) is 1. The first kappa shape index (κ1) is 23.6. The fourth-order valence-electron chi connectivity index (χ4n) is 4.37. The molecule has 0 aliphatic carbocycles. The Balaban J connectivity index is 1.43. The summed E-state index contributed by atoms with van der Waals surface area (Å²) < 4.78 is 12.1. The molecule has 0 aromatic heterocycles. The van der Waals surface area contributed by atoms with E-state index >= 15 is 0 Å². The molecule has 3 N–H and O–H groups in total. The summed E-state index contributed by atoms with van der Waals surface area (Å²) in [7, 11) is 3.36. The molecule has 9 nitrogen and oxygen atoms in total. The Bertz CT molecular complexity index is 1040. The SMILES string of the molecule is CNC(=O)C[C@H]1CC[C@@H]2[C@@H](COc3ccc(NC(=O)NCc4ccccc4)cc3C(=O)N2C)O1. The molecule has 2 aromatic rings. The van der Waals surface area contributed by atoms with Gasteiger partial charge in [-0.1, -0.05) is 30.3 Å². The number of carbonyl (C=O) groups excluding carboxylic acids is 3. The van der Waals surface area contributed by atoms with Crippen LogP contribution in [-0.4, -0.2) is 61.7 Å². The van der Waals surface area contributed by atoms with Gasteiger partial charge in [-0.25, -0.2) is 4.79 Å². The van der Waals surface area contributed by atoms with Crippen LogP contribution in [0.15, 0.2) is 48.5 Å². The van der Waals surface area contributed by atoms with Gasteiger partial charge in [-0.3, -0.25) is 9.59 Å². The summed E-state index contributed by atoms with van der Waals surface area (Å²) in [6, 6.07) is 14.1. The number of hydrogen-bond donors (Lipinski definition) is 3. The molecule has 2 heterocycles. The minimum atomic E-state index is -0.362. The maximum Gasteiger partial charge on any atom is 0.319 e. The van der Waals surface area contributed by atoms with Crippen LogP contribution in [0, 0.1) is 0 Å². The van der Waals surface area contributed by atoms with E-state index in [0.717, 1.165) is 5.56 Å². The highest BCUT2D eigenvalue weighted by Crippen LogP contribution is 2.32. The lowest BCUT2D eigenvalue weighted by molar-refractivity contribution is -0.133. The highest BCUT2D eigenvalue weighted by Gasteiger charge is 2.39. The number of fused-ring (bicyclic) bond motifs is 2. The summed E-state index contributed by atoms with van der Waals surface area (Å²) in [5, 5.41) is 8.21. The smallest absolute Gasteiger partial charge is 0.319 e. The van der Waals surface area contributed by atoms with E-state index in [2.05, 4.69) is 16.0 Å². The van der Waals surface area contributed by atoms with Gasteiger partial charge in [-0.15, -0.1) is 0 Å². The second-order valence-electron chi connectivity index (χ2n) is 8.55. The van der Waals surface area contributed by atoms with Crippen molar-refractivity contribution >= 4 is 23.5 Å². The molecule has 34 heavy (non-hydrogen) atoms. The lowest BCUT2D eigenvalue weighted by Gasteiger charge is -2.42. The Morgan fingerprint density at radius 1 is 1.12 bits per heavy atom. The Morgan fingerprint density at radius 2 is 1.91 bits per heavy atom. The quantitative estimate of drug-likeness (QED) is 0.628. The number of anilines is 1. The van der Waals surface area contributed by atoms with Crippen LogP contribution in [0.2, 0.25) is 0 Å². The maximum atomic E-state index is 13.3. The van der Waals surface area contributed by atoms with E-state index in [9.17, 15) is 14.4 Å². The number of carbonyl (C=O) groups is 3. The molecule has 0 radical (unpaired) electrons. The van der Waals surface area contributed by atoms with Gasteiger partial charge in [0.05, 0.1) is 24.1 Å². The summed E-state index contributed by atoms with van der Waals surface area (Å²) in [6.45, 7) is 0.663. The van der Waals surface area contributed by atoms with Crippen molar-refractivity contribution < 1.29 is 23.9 Å². The summed E-state index contributed by atoms with van der Waals surface area (Å²) >= 11 is 0. The third-order valence-corrected chi connectivity index (χ3v) is 6.26. The highest BCUT2D eigenvalue weighted by atomic mass is 16.5. The fraction of sp³-hybridized carbons (Fsp3) is 0.400. The molecule has 1 saturated heterocycles. The van der Waals surface area contributed by atoms with Gasteiger partial charge in [0.1, 0.15) is 18.5 Å². The van der Waals surface area contributed by atoms with Crippen molar-refractivity contribution in [3.8, 4) is 5.75 Å². The third-order valence-electron chi connectivity index (χ3n) is 6.26. The molecule has 4 amide bonds. The van der Waals surface area contributed by atoms with Gasteiger partial charge >= 0.3 is 6.03 Å². The molecule has 3 atom stereocenters. The molecule has 0 saturated carbocycles. The van der Waals surface area contributed by atoms with Crippen LogP contribution in [-0.2, 0) is 16.1 Å². The number of benzene rings is 2. The second kappa shape index (κ2) is 10.6. The molecule has 0 bridgehead atoms. The number of ether oxygens (including phenoxy) is 2. The lowest BCUT2D eigenvalue weighted by Crippen LogP contribution is -2.53. The van der Waals surface area contributed by atoms with Gasteiger partial charge in [0.2, 0.25) is 5.91 Å². The zero-order valence-electron chi connectivity index (χ0n) is 19.4. The van der Waals surface area contributed by atoms with Crippen molar-refractivity contribution in [1.82, 2.24) is 15.5 Å². The van der Waals surface area contributed by atoms with Crippen molar-refractivity contribution in [2.45, 2.75) is 44.1 Å². The van der Waals surface area contributed by atoms with Crippen molar-refractivity contribution in [3.63, 3.8) is 0 Å². The van der Waals surface area contributed by atoms with Crippen molar-refractivity contribution in [2.75, 3.05) is 26.0 Å². The molecule has 0 unspecified atom stereocenters. The monoisotopic (exact) mass is 466 g/mol. The van der Waals surface area contributed by atoms with Gasteiger partial charge in [0, 0.05) is 26.3 Å². The van der Waals surface area contributed by atoms with Crippen LogP contribution in [0.25, 0.3) is 0 Å². The van der Waals surface area contributed by atoms with Crippen LogP contribution >= 0.6 is 0 Å². The molecule has 2 aliphatic heterocycles. The van der Waals surface area contributed by atoms with E-state index in [4.69, 9.17) is 9.47 Å².